The Balaban J connectivity index is 1.95. The van der Waals surface area contributed by atoms with Gasteiger partial charge in [0.15, 0.2) is 0 Å². The molecule has 1 heterocycles. The third-order valence-corrected chi connectivity index (χ3v) is 3.70. The number of nitrogens with two attached hydrogens (primary N) is 1. The Morgan fingerprint density at radius 1 is 1.07 bits per heavy atom. The molecule has 15 heavy (non-hydrogen) atoms. The van der Waals surface area contributed by atoms with Gasteiger partial charge in [-0.3, -0.25) is 4.90 Å². The average Bonchev–Trinajstić information content (AvgIpc) is 2.16. The Morgan fingerprint density at radius 2 is 1.67 bits per heavy atom. The average molecular weight is 212 g/mol. The zero-order chi connectivity index (χ0) is 10.8. The van der Waals surface area contributed by atoms with E-state index in [2.05, 4.69) is 18.7 Å². The fourth-order valence-electron chi connectivity index (χ4n) is 3.08. The number of rotatable bonds is 1. The van der Waals surface area contributed by atoms with E-state index in [1.165, 1.54) is 25.7 Å². The van der Waals surface area contributed by atoms with Crippen LogP contribution in [0, 0.1) is 0 Å². The Morgan fingerprint density at radius 3 is 2.27 bits per heavy atom. The highest BCUT2D eigenvalue weighted by Gasteiger charge is 2.32. The van der Waals surface area contributed by atoms with Gasteiger partial charge in [0.1, 0.15) is 0 Å². The van der Waals surface area contributed by atoms with Crippen molar-refractivity contribution < 1.29 is 4.74 Å². The van der Waals surface area contributed by atoms with E-state index in [1.54, 1.807) is 0 Å². The van der Waals surface area contributed by atoms with Gasteiger partial charge in [-0.15, -0.1) is 0 Å². The van der Waals surface area contributed by atoms with Gasteiger partial charge in [0, 0.05) is 25.2 Å². The summed E-state index contributed by atoms with van der Waals surface area (Å²) < 4.78 is 5.76. The summed E-state index contributed by atoms with van der Waals surface area (Å²) in [6.07, 6.45) is 5.86. The van der Waals surface area contributed by atoms with Gasteiger partial charge in [-0.05, 0) is 26.7 Å². The molecule has 1 aliphatic carbocycles. The fourth-order valence-corrected chi connectivity index (χ4v) is 3.08. The lowest BCUT2D eigenvalue weighted by Gasteiger charge is -2.44. The number of morpholine rings is 1. The second-order valence-corrected chi connectivity index (χ2v) is 5.23. The maximum absolute atomic E-state index is 6.22. The van der Waals surface area contributed by atoms with Gasteiger partial charge in [-0.25, -0.2) is 0 Å². The monoisotopic (exact) mass is 212 g/mol. The molecule has 2 fully saturated rings. The molecule has 1 saturated heterocycles. The van der Waals surface area contributed by atoms with Crippen molar-refractivity contribution in [2.24, 2.45) is 5.73 Å². The molecule has 0 aromatic heterocycles. The first-order valence-electron chi connectivity index (χ1n) is 6.32. The van der Waals surface area contributed by atoms with Crippen LogP contribution in [0.4, 0.5) is 0 Å². The molecule has 2 unspecified atom stereocenters. The summed E-state index contributed by atoms with van der Waals surface area (Å²) in [6, 6.07) is 0.990. The predicted molar refractivity (Wildman–Crippen MR) is 61.8 cm³/mol. The van der Waals surface area contributed by atoms with E-state index in [1.807, 2.05) is 0 Å². The number of hydrogen-bond donors (Lipinski definition) is 1. The van der Waals surface area contributed by atoms with E-state index in [4.69, 9.17) is 10.5 Å². The van der Waals surface area contributed by atoms with Crippen molar-refractivity contribution in [1.82, 2.24) is 4.90 Å². The lowest BCUT2D eigenvalue weighted by molar-refractivity contribution is -0.0861. The van der Waals surface area contributed by atoms with Gasteiger partial charge < -0.3 is 10.5 Å². The molecule has 0 bridgehead atoms. The Labute approximate surface area is 93.0 Å². The first kappa shape index (κ1) is 11.4. The molecule has 3 nitrogen and oxygen atoms in total. The third kappa shape index (κ3) is 2.71. The van der Waals surface area contributed by atoms with Gasteiger partial charge in [0.25, 0.3) is 0 Å². The van der Waals surface area contributed by atoms with Gasteiger partial charge >= 0.3 is 0 Å². The minimum Gasteiger partial charge on any atom is -0.373 e. The van der Waals surface area contributed by atoms with E-state index in [-0.39, 0.29) is 0 Å². The summed E-state index contributed by atoms with van der Waals surface area (Å²) in [6.45, 7) is 6.44. The van der Waals surface area contributed by atoms with Crippen LogP contribution >= 0.6 is 0 Å². The van der Waals surface area contributed by atoms with Crippen LogP contribution in [0.1, 0.15) is 39.5 Å². The summed E-state index contributed by atoms with van der Waals surface area (Å²) in [5.74, 6) is 0. The van der Waals surface area contributed by atoms with Gasteiger partial charge in [-0.1, -0.05) is 12.8 Å². The summed E-state index contributed by atoms with van der Waals surface area (Å²) >= 11 is 0. The van der Waals surface area contributed by atoms with Crippen LogP contribution in [-0.4, -0.2) is 42.3 Å². The standard InChI is InChI=1S/C12H24N2O/c1-9-7-14(8-10(2)15-9)12-6-4-3-5-11(12)13/h9-12H,3-8,13H2,1-2H3/t9-,10+,11?,12?. The molecule has 4 atom stereocenters. The third-order valence-electron chi connectivity index (χ3n) is 3.70. The molecule has 88 valence electrons. The fraction of sp³-hybridized carbons (Fsp3) is 1.00. The summed E-state index contributed by atoms with van der Waals surface area (Å²) in [7, 11) is 0. The Kier molecular flexibility index (Phi) is 3.65. The van der Waals surface area contributed by atoms with Crippen LogP contribution in [-0.2, 0) is 4.74 Å². The van der Waals surface area contributed by atoms with Crippen molar-refractivity contribution in [2.75, 3.05) is 13.1 Å². The summed E-state index contributed by atoms with van der Waals surface area (Å²) in [5.41, 5.74) is 6.22. The SMILES string of the molecule is C[C@@H]1CN(C2CCCCC2N)C[C@H](C)O1. The highest BCUT2D eigenvalue weighted by Crippen LogP contribution is 2.24. The van der Waals surface area contributed by atoms with Crippen LogP contribution in [0.3, 0.4) is 0 Å². The molecule has 3 heteroatoms. The van der Waals surface area contributed by atoms with Crippen LogP contribution in [0.25, 0.3) is 0 Å². The van der Waals surface area contributed by atoms with Crippen molar-refractivity contribution in [1.29, 1.82) is 0 Å². The lowest BCUT2D eigenvalue weighted by atomic mass is 9.89. The quantitative estimate of drug-likeness (QED) is 0.713. The van der Waals surface area contributed by atoms with Gasteiger partial charge in [-0.2, -0.15) is 0 Å². The number of hydrogen-bond acceptors (Lipinski definition) is 3. The second kappa shape index (κ2) is 4.81. The molecule has 0 radical (unpaired) electrons. The summed E-state index contributed by atoms with van der Waals surface area (Å²) in [5, 5.41) is 0. The van der Waals surface area contributed by atoms with Gasteiger partial charge in [0.2, 0.25) is 0 Å². The van der Waals surface area contributed by atoms with E-state index < -0.39 is 0 Å². The molecule has 1 aliphatic heterocycles. The van der Waals surface area contributed by atoms with Crippen molar-refractivity contribution in [3.05, 3.63) is 0 Å². The van der Waals surface area contributed by atoms with E-state index in [0.29, 0.717) is 24.3 Å². The maximum Gasteiger partial charge on any atom is 0.0678 e. The van der Waals surface area contributed by atoms with Crippen LogP contribution in [0.15, 0.2) is 0 Å². The highest BCUT2D eigenvalue weighted by atomic mass is 16.5. The minimum atomic E-state index is 0.364. The number of ether oxygens (including phenoxy) is 1. The van der Waals surface area contributed by atoms with E-state index >= 15 is 0 Å². The smallest absolute Gasteiger partial charge is 0.0678 e. The zero-order valence-electron chi connectivity index (χ0n) is 9.98. The number of nitrogens with zero attached hydrogens (tertiary/aromatic N) is 1. The Hall–Kier alpha value is -0.120. The second-order valence-electron chi connectivity index (χ2n) is 5.23. The van der Waals surface area contributed by atoms with E-state index in [9.17, 15) is 0 Å². The molecule has 1 saturated carbocycles. The predicted octanol–water partition coefficient (Wildman–Crippen LogP) is 1.37. The topological polar surface area (TPSA) is 38.5 Å². The van der Waals surface area contributed by atoms with Crippen molar-refractivity contribution in [3.8, 4) is 0 Å². The molecule has 2 rings (SSSR count). The molecule has 0 spiro atoms. The first-order valence-corrected chi connectivity index (χ1v) is 6.32. The molecule has 0 amide bonds. The molecule has 2 aliphatic rings. The van der Waals surface area contributed by atoms with Crippen molar-refractivity contribution in [2.45, 2.75) is 63.8 Å². The molecule has 2 N–H and O–H groups in total. The molecular formula is C12H24N2O. The molecular weight excluding hydrogens is 188 g/mol. The van der Waals surface area contributed by atoms with Crippen molar-refractivity contribution in [3.63, 3.8) is 0 Å². The van der Waals surface area contributed by atoms with E-state index in [0.717, 1.165) is 13.1 Å². The maximum atomic E-state index is 6.22. The Bertz CT molecular complexity index is 200. The van der Waals surface area contributed by atoms with Crippen LogP contribution in [0.5, 0.6) is 0 Å². The summed E-state index contributed by atoms with van der Waals surface area (Å²) in [4.78, 5) is 2.56. The molecule has 0 aromatic rings. The van der Waals surface area contributed by atoms with Crippen LogP contribution < -0.4 is 5.73 Å². The minimum absolute atomic E-state index is 0.364. The van der Waals surface area contributed by atoms with Crippen LogP contribution in [0.2, 0.25) is 0 Å². The van der Waals surface area contributed by atoms with Crippen molar-refractivity contribution >= 4 is 0 Å². The zero-order valence-corrected chi connectivity index (χ0v) is 9.98. The first-order chi connectivity index (χ1) is 7.16. The highest BCUT2D eigenvalue weighted by molar-refractivity contribution is 4.89. The molecule has 0 aromatic carbocycles. The van der Waals surface area contributed by atoms with Gasteiger partial charge in [0.05, 0.1) is 12.2 Å². The normalized spacial score (nSPS) is 44.2. The largest absolute Gasteiger partial charge is 0.373 e. The lowest BCUT2D eigenvalue weighted by Crippen LogP contribution is -2.56.